The van der Waals surface area contributed by atoms with Crippen LogP contribution in [0.1, 0.15) is 30.9 Å². The first-order chi connectivity index (χ1) is 11.4. The number of nitrogens with zero attached hydrogens (tertiary/aromatic N) is 1. The second-order valence-corrected chi connectivity index (χ2v) is 9.71. The lowest BCUT2D eigenvalue weighted by Gasteiger charge is -2.37. The van der Waals surface area contributed by atoms with Crippen molar-refractivity contribution >= 4 is 21.8 Å². The Balaban J connectivity index is 1.81. The summed E-state index contributed by atoms with van der Waals surface area (Å²) in [4.78, 5) is 0.202. The van der Waals surface area contributed by atoms with Gasteiger partial charge in [-0.2, -0.15) is 4.31 Å². The van der Waals surface area contributed by atoms with Gasteiger partial charge in [-0.1, -0.05) is 0 Å². The van der Waals surface area contributed by atoms with E-state index in [1.165, 1.54) is 0 Å². The average Bonchev–Trinajstić information content (AvgIpc) is 2.99. The number of hydrogen-bond acceptors (Lipinski definition) is 5. The molecule has 0 aliphatic carbocycles. The van der Waals surface area contributed by atoms with E-state index in [0.717, 1.165) is 42.1 Å². The maximum atomic E-state index is 13.0. The second kappa shape index (κ2) is 6.86. The molecule has 0 radical (unpaired) electrons. The van der Waals surface area contributed by atoms with Crippen molar-refractivity contribution in [3.05, 3.63) is 23.3 Å². The standard InChI is InChI=1S/C17H25NO4S2/c1-4-21-16-13(2)11-15(12-14(16)3)24(19,20)18-7-5-17(6-8-18)22-9-10-23-17/h11-12H,4-10H2,1-3H3. The number of hydrogen-bond donors (Lipinski definition) is 0. The predicted molar refractivity (Wildman–Crippen MR) is 96.2 cm³/mol. The maximum Gasteiger partial charge on any atom is 0.243 e. The Morgan fingerprint density at radius 1 is 1.25 bits per heavy atom. The fourth-order valence-corrected chi connectivity index (χ4v) is 6.22. The Labute approximate surface area is 148 Å². The zero-order chi connectivity index (χ0) is 17.4. The minimum Gasteiger partial charge on any atom is -0.493 e. The van der Waals surface area contributed by atoms with Crippen LogP contribution in [0.4, 0.5) is 0 Å². The van der Waals surface area contributed by atoms with Gasteiger partial charge in [0, 0.05) is 18.8 Å². The molecule has 2 heterocycles. The van der Waals surface area contributed by atoms with Crippen molar-refractivity contribution in [2.45, 2.75) is 43.4 Å². The molecule has 2 aliphatic rings. The molecule has 2 saturated heterocycles. The van der Waals surface area contributed by atoms with Crippen LogP contribution in [-0.4, -0.2) is 49.7 Å². The molecule has 2 aliphatic heterocycles. The average molecular weight is 372 g/mol. The Hall–Kier alpha value is -0.760. The van der Waals surface area contributed by atoms with E-state index in [0.29, 0.717) is 24.6 Å². The van der Waals surface area contributed by atoms with Gasteiger partial charge in [0.2, 0.25) is 10.0 Å². The molecule has 1 aromatic rings. The molecule has 0 aromatic heterocycles. The summed E-state index contributed by atoms with van der Waals surface area (Å²) in [6, 6.07) is 3.44. The third kappa shape index (κ3) is 3.31. The molecule has 1 aromatic carbocycles. The van der Waals surface area contributed by atoms with Gasteiger partial charge in [0.05, 0.1) is 18.1 Å². The van der Waals surface area contributed by atoms with Crippen LogP contribution in [0.3, 0.4) is 0 Å². The Bertz CT molecular complexity index is 678. The van der Waals surface area contributed by atoms with E-state index in [2.05, 4.69) is 0 Å². The molecule has 5 nitrogen and oxygen atoms in total. The number of thioether (sulfide) groups is 1. The lowest BCUT2D eigenvalue weighted by Crippen LogP contribution is -2.45. The van der Waals surface area contributed by atoms with Crippen LogP contribution in [-0.2, 0) is 14.8 Å². The summed E-state index contributed by atoms with van der Waals surface area (Å²) in [6.07, 6.45) is 1.51. The molecule has 0 atom stereocenters. The molecule has 0 saturated carbocycles. The monoisotopic (exact) mass is 371 g/mol. The SMILES string of the molecule is CCOc1c(C)cc(S(=O)(=O)N2CCC3(CC2)OCCS3)cc1C. The van der Waals surface area contributed by atoms with Gasteiger partial charge >= 0.3 is 0 Å². The van der Waals surface area contributed by atoms with Gasteiger partial charge in [-0.05, 0) is 56.9 Å². The van der Waals surface area contributed by atoms with Gasteiger partial charge in [0.15, 0.2) is 0 Å². The van der Waals surface area contributed by atoms with Crippen LogP contribution in [0.15, 0.2) is 17.0 Å². The van der Waals surface area contributed by atoms with Gasteiger partial charge < -0.3 is 9.47 Å². The van der Waals surface area contributed by atoms with E-state index < -0.39 is 10.0 Å². The highest BCUT2D eigenvalue weighted by Gasteiger charge is 2.42. The molecule has 24 heavy (non-hydrogen) atoms. The van der Waals surface area contributed by atoms with E-state index in [9.17, 15) is 8.42 Å². The van der Waals surface area contributed by atoms with Gasteiger partial charge in [-0.15, -0.1) is 11.8 Å². The first-order valence-corrected chi connectivity index (χ1v) is 10.8. The van der Waals surface area contributed by atoms with Crippen LogP contribution in [0.25, 0.3) is 0 Å². The molecule has 0 amide bonds. The minimum atomic E-state index is -3.47. The van der Waals surface area contributed by atoms with E-state index in [-0.39, 0.29) is 4.93 Å². The summed E-state index contributed by atoms with van der Waals surface area (Å²) < 4.78 is 39.1. The molecule has 0 bridgehead atoms. The van der Waals surface area contributed by atoms with Crippen LogP contribution >= 0.6 is 11.8 Å². The van der Waals surface area contributed by atoms with E-state index in [4.69, 9.17) is 9.47 Å². The molecule has 3 rings (SSSR count). The van der Waals surface area contributed by atoms with Crippen LogP contribution in [0, 0.1) is 13.8 Å². The number of aryl methyl sites for hydroxylation is 2. The number of benzene rings is 1. The smallest absolute Gasteiger partial charge is 0.243 e. The summed E-state index contributed by atoms with van der Waals surface area (Å²) in [7, 11) is -3.47. The summed E-state index contributed by atoms with van der Waals surface area (Å²) in [5.41, 5.74) is 1.72. The summed E-state index contributed by atoms with van der Waals surface area (Å²) >= 11 is 1.83. The molecule has 0 unspecified atom stereocenters. The zero-order valence-electron chi connectivity index (χ0n) is 14.5. The fraction of sp³-hybridized carbons (Fsp3) is 0.647. The lowest BCUT2D eigenvalue weighted by molar-refractivity contribution is 0.0162. The van der Waals surface area contributed by atoms with Crippen molar-refractivity contribution in [2.24, 2.45) is 0 Å². The first kappa shape index (κ1) is 18.0. The van der Waals surface area contributed by atoms with Gasteiger partial charge in [-0.25, -0.2) is 8.42 Å². The highest BCUT2D eigenvalue weighted by Crippen LogP contribution is 2.42. The zero-order valence-corrected chi connectivity index (χ0v) is 16.1. The van der Waals surface area contributed by atoms with E-state index in [1.807, 2.05) is 32.5 Å². The van der Waals surface area contributed by atoms with Crippen molar-refractivity contribution in [3.63, 3.8) is 0 Å². The third-order valence-electron chi connectivity index (χ3n) is 4.66. The highest BCUT2D eigenvalue weighted by atomic mass is 32.2. The maximum absolute atomic E-state index is 13.0. The highest BCUT2D eigenvalue weighted by molar-refractivity contribution is 8.00. The Kier molecular flexibility index (Phi) is 5.16. The van der Waals surface area contributed by atoms with Crippen LogP contribution in [0.5, 0.6) is 5.75 Å². The predicted octanol–water partition coefficient (Wildman–Crippen LogP) is 2.95. The summed E-state index contributed by atoms with van der Waals surface area (Å²) in [6.45, 7) is 8.09. The Morgan fingerprint density at radius 2 is 1.88 bits per heavy atom. The molecule has 0 N–H and O–H groups in total. The van der Waals surface area contributed by atoms with Crippen molar-refractivity contribution in [1.82, 2.24) is 4.31 Å². The van der Waals surface area contributed by atoms with Crippen molar-refractivity contribution in [1.29, 1.82) is 0 Å². The number of ether oxygens (including phenoxy) is 2. The van der Waals surface area contributed by atoms with Gasteiger partial charge in [0.25, 0.3) is 0 Å². The summed E-state index contributed by atoms with van der Waals surface area (Å²) in [5.74, 6) is 1.79. The summed E-state index contributed by atoms with van der Waals surface area (Å²) in [5, 5.41) is 0. The molecular weight excluding hydrogens is 346 g/mol. The lowest BCUT2D eigenvalue weighted by atomic mass is 10.1. The van der Waals surface area contributed by atoms with Crippen molar-refractivity contribution < 1.29 is 17.9 Å². The topological polar surface area (TPSA) is 55.8 Å². The van der Waals surface area contributed by atoms with Crippen LogP contribution < -0.4 is 4.74 Å². The van der Waals surface area contributed by atoms with Crippen molar-refractivity contribution in [3.8, 4) is 5.75 Å². The van der Waals surface area contributed by atoms with Gasteiger partial charge in [-0.3, -0.25) is 0 Å². The number of sulfonamides is 1. The normalized spacial score (nSPS) is 21.3. The number of piperidine rings is 1. The molecule has 2 fully saturated rings. The minimum absolute atomic E-state index is 0.156. The largest absolute Gasteiger partial charge is 0.493 e. The van der Waals surface area contributed by atoms with Gasteiger partial charge in [0.1, 0.15) is 10.7 Å². The third-order valence-corrected chi connectivity index (χ3v) is 7.96. The first-order valence-electron chi connectivity index (χ1n) is 8.40. The van der Waals surface area contributed by atoms with Crippen LogP contribution in [0.2, 0.25) is 0 Å². The quantitative estimate of drug-likeness (QED) is 0.814. The van der Waals surface area contributed by atoms with E-state index in [1.54, 1.807) is 16.4 Å². The fourth-order valence-electron chi connectivity index (χ4n) is 3.43. The number of rotatable bonds is 4. The molecule has 134 valence electrons. The molecule has 1 spiro atoms. The van der Waals surface area contributed by atoms with Crippen molar-refractivity contribution in [2.75, 3.05) is 32.1 Å². The molecule has 7 heteroatoms. The molecular formula is C17H25NO4S2. The Morgan fingerprint density at radius 3 is 2.38 bits per heavy atom. The second-order valence-electron chi connectivity index (χ2n) is 6.33. The van der Waals surface area contributed by atoms with E-state index >= 15 is 0 Å².